The van der Waals surface area contributed by atoms with E-state index < -0.39 is 12.4 Å². The van der Waals surface area contributed by atoms with Gasteiger partial charge in [-0.15, -0.1) is 0 Å². The number of nitrogens with zero attached hydrogens (tertiary/aromatic N) is 1. The van der Waals surface area contributed by atoms with Gasteiger partial charge in [0.25, 0.3) is 0 Å². The van der Waals surface area contributed by atoms with Gasteiger partial charge >= 0.3 is 0 Å². The van der Waals surface area contributed by atoms with Crippen LogP contribution in [0.1, 0.15) is 11.1 Å². The Morgan fingerprint density at radius 1 is 1.58 bits per heavy atom. The molecule has 0 heterocycles. The molecule has 0 spiro atoms. The third-order valence-corrected chi connectivity index (χ3v) is 2.37. The van der Waals surface area contributed by atoms with Gasteiger partial charge in [-0.1, -0.05) is 0 Å². The van der Waals surface area contributed by atoms with E-state index in [-0.39, 0.29) is 11.1 Å². The molecule has 1 aromatic carbocycles. The topological polar surface area (TPSA) is 44.0 Å². The highest BCUT2D eigenvalue weighted by Gasteiger charge is 2.10. The minimum Gasteiger partial charge on any atom is -0.392 e. The maximum Gasteiger partial charge on any atom is 0.130 e. The number of aliphatic hydroxyl groups excluding tert-OH is 1. The van der Waals surface area contributed by atoms with Crippen molar-refractivity contribution in [1.29, 1.82) is 5.26 Å². The Kier molecular flexibility index (Phi) is 3.00. The summed E-state index contributed by atoms with van der Waals surface area (Å²) in [6.45, 7) is -0.439. The molecular formula is C8H5FINO. The normalized spacial score (nSPS) is 9.50. The molecule has 0 radical (unpaired) electrons. The first kappa shape index (κ1) is 9.42. The predicted molar refractivity (Wildman–Crippen MR) is 49.8 cm³/mol. The van der Waals surface area contributed by atoms with E-state index in [9.17, 15) is 4.39 Å². The predicted octanol–water partition coefficient (Wildman–Crippen LogP) is 1.79. The largest absolute Gasteiger partial charge is 0.392 e. The molecule has 62 valence electrons. The first-order chi connectivity index (χ1) is 5.70. The molecule has 0 saturated heterocycles. The number of rotatable bonds is 1. The third kappa shape index (κ3) is 1.57. The standard InChI is InChI=1S/C8H5FINO/c9-7-1-2-8(10)5(3-11)6(7)4-12/h1-2,12H,4H2. The van der Waals surface area contributed by atoms with E-state index in [0.717, 1.165) is 0 Å². The Labute approximate surface area is 82.8 Å². The average Bonchev–Trinajstić information content (AvgIpc) is 2.08. The molecule has 1 rings (SSSR count). The van der Waals surface area contributed by atoms with Crippen LogP contribution in [-0.4, -0.2) is 5.11 Å². The molecule has 12 heavy (non-hydrogen) atoms. The monoisotopic (exact) mass is 277 g/mol. The molecule has 0 bridgehead atoms. The zero-order chi connectivity index (χ0) is 9.14. The molecule has 0 saturated carbocycles. The quantitative estimate of drug-likeness (QED) is 0.795. The summed E-state index contributed by atoms with van der Waals surface area (Å²) in [6.07, 6.45) is 0. The highest BCUT2D eigenvalue weighted by atomic mass is 127. The van der Waals surface area contributed by atoms with E-state index in [1.807, 2.05) is 28.7 Å². The van der Waals surface area contributed by atoms with Gasteiger partial charge < -0.3 is 5.11 Å². The van der Waals surface area contributed by atoms with Crippen molar-refractivity contribution in [2.75, 3.05) is 0 Å². The summed E-state index contributed by atoms with van der Waals surface area (Å²) in [5, 5.41) is 17.4. The van der Waals surface area contributed by atoms with Gasteiger partial charge in [0.2, 0.25) is 0 Å². The second-order valence-electron chi connectivity index (χ2n) is 2.15. The summed E-state index contributed by atoms with van der Waals surface area (Å²) >= 11 is 1.93. The van der Waals surface area contributed by atoms with Crippen LogP contribution in [0.25, 0.3) is 0 Å². The molecule has 0 amide bonds. The fraction of sp³-hybridized carbons (Fsp3) is 0.125. The molecule has 1 N–H and O–H groups in total. The zero-order valence-electron chi connectivity index (χ0n) is 6.01. The van der Waals surface area contributed by atoms with Crippen LogP contribution in [0.3, 0.4) is 0 Å². The van der Waals surface area contributed by atoms with Crippen molar-refractivity contribution >= 4 is 22.6 Å². The first-order valence-corrected chi connectivity index (χ1v) is 4.26. The molecule has 1 aromatic rings. The van der Waals surface area contributed by atoms with Crippen LogP contribution < -0.4 is 0 Å². The fourth-order valence-electron chi connectivity index (χ4n) is 0.869. The minimum atomic E-state index is -0.533. The Hall–Kier alpha value is -0.670. The molecular weight excluding hydrogens is 272 g/mol. The third-order valence-electron chi connectivity index (χ3n) is 1.47. The van der Waals surface area contributed by atoms with Gasteiger partial charge in [0.05, 0.1) is 12.2 Å². The smallest absolute Gasteiger partial charge is 0.130 e. The van der Waals surface area contributed by atoms with E-state index in [1.54, 1.807) is 0 Å². The van der Waals surface area contributed by atoms with Crippen molar-refractivity contribution in [3.8, 4) is 6.07 Å². The fourth-order valence-corrected chi connectivity index (χ4v) is 1.50. The van der Waals surface area contributed by atoms with Gasteiger partial charge in [0, 0.05) is 9.13 Å². The lowest BCUT2D eigenvalue weighted by Crippen LogP contribution is -1.97. The maximum atomic E-state index is 12.9. The van der Waals surface area contributed by atoms with Gasteiger partial charge in [-0.25, -0.2) is 4.39 Å². The SMILES string of the molecule is N#Cc1c(I)ccc(F)c1CO. The van der Waals surface area contributed by atoms with Gasteiger partial charge in [-0.05, 0) is 34.7 Å². The Morgan fingerprint density at radius 3 is 2.67 bits per heavy atom. The Balaban J connectivity index is 3.41. The minimum absolute atomic E-state index is 0.0735. The lowest BCUT2D eigenvalue weighted by atomic mass is 10.1. The second-order valence-corrected chi connectivity index (χ2v) is 3.31. The van der Waals surface area contributed by atoms with Crippen LogP contribution in [0.2, 0.25) is 0 Å². The molecule has 2 nitrogen and oxygen atoms in total. The van der Waals surface area contributed by atoms with Gasteiger partial charge in [0.1, 0.15) is 11.9 Å². The van der Waals surface area contributed by atoms with E-state index >= 15 is 0 Å². The zero-order valence-corrected chi connectivity index (χ0v) is 8.17. The number of hydrogen-bond acceptors (Lipinski definition) is 2. The van der Waals surface area contributed by atoms with Gasteiger partial charge in [0.15, 0.2) is 0 Å². The van der Waals surface area contributed by atoms with Crippen LogP contribution in [0.15, 0.2) is 12.1 Å². The van der Waals surface area contributed by atoms with Gasteiger partial charge in [-0.2, -0.15) is 5.26 Å². The van der Waals surface area contributed by atoms with E-state index in [4.69, 9.17) is 10.4 Å². The van der Waals surface area contributed by atoms with Crippen molar-refractivity contribution in [2.45, 2.75) is 6.61 Å². The van der Waals surface area contributed by atoms with Crippen LogP contribution in [0, 0.1) is 20.7 Å². The summed E-state index contributed by atoms with van der Waals surface area (Å²) in [5.41, 5.74) is 0.294. The number of halogens is 2. The summed E-state index contributed by atoms with van der Waals surface area (Å²) in [5.74, 6) is -0.533. The molecule has 0 fully saturated rings. The van der Waals surface area contributed by atoms with Crippen molar-refractivity contribution in [3.63, 3.8) is 0 Å². The van der Waals surface area contributed by atoms with Crippen LogP contribution in [-0.2, 0) is 6.61 Å². The van der Waals surface area contributed by atoms with E-state index in [2.05, 4.69) is 0 Å². The van der Waals surface area contributed by atoms with Crippen LogP contribution in [0.5, 0.6) is 0 Å². The number of aliphatic hydroxyl groups is 1. The highest BCUT2D eigenvalue weighted by molar-refractivity contribution is 14.1. The maximum absolute atomic E-state index is 12.9. The molecule has 0 aliphatic heterocycles. The Bertz CT molecular complexity index is 346. The summed E-state index contributed by atoms with van der Waals surface area (Å²) in [4.78, 5) is 0. The summed E-state index contributed by atoms with van der Waals surface area (Å²) < 4.78 is 13.6. The van der Waals surface area contributed by atoms with Crippen molar-refractivity contribution in [1.82, 2.24) is 0 Å². The molecule has 0 atom stereocenters. The highest BCUT2D eigenvalue weighted by Crippen LogP contribution is 2.19. The van der Waals surface area contributed by atoms with Crippen LogP contribution in [0.4, 0.5) is 4.39 Å². The molecule has 0 aromatic heterocycles. The molecule has 0 unspecified atom stereocenters. The Morgan fingerprint density at radius 2 is 2.25 bits per heavy atom. The molecule has 4 heteroatoms. The molecule has 0 aliphatic carbocycles. The van der Waals surface area contributed by atoms with E-state index in [0.29, 0.717) is 3.57 Å². The van der Waals surface area contributed by atoms with Crippen molar-refractivity contribution < 1.29 is 9.50 Å². The average molecular weight is 277 g/mol. The first-order valence-electron chi connectivity index (χ1n) is 3.18. The second kappa shape index (κ2) is 3.83. The van der Waals surface area contributed by atoms with Gasteiger partial charge in [-0.3, -0.25) is 0 Å². The lowest BCUT2D eigenvalue weighted by molar-refractivity contribution is 0.275. The number of hydrogen-bond donors (Lipinski definition) is 1. The lowest BCUT2D eigenvalue weighted by Gasteiger charge is -2.02. The summed E-state index contributed by atoms with van der Waals surface area (Å²) in [7, 11) is 0. The van der Waals surface area contributed by atoms with Crippen molar-refractivity contribution in [3.05, 3.63) is 32.6 Å². The summed E-state index contributed by atoms with van der Waals surface area (Å²) in [6, 6.07) is 4.60. The van der Waals surface area contributed by atoms with Crippen LogP contribution >= 0.6 is 22.6 Å². The van der Waals surface area contributed by atoms with Crippen molar-refractivity contribution in [2.24, 2.45) is 0 Å². The van der Waals surface area contributed by atoms with E-state index in [1.165, 1.54) is 12.1 Å². The number of nitriles is 1. The number of benzene rings is 1. The molecule has 0 aliphatic rings.